The second kappa shape index (κ2) is 14.5. The highest BCUT2D eigenvalue weighted by molar-refractivity contribution is 7.89. The minimum atomic E-state index is -3.22. The largest absolute Gasteiger partial charge is 0.214 e. The molecule has 23 heavy (non-hydrogen) atoms. The molecule has 0 saturated carbocycles. The monoisotopic (exact) mass is 341 g/mol. The third-order valence-electron chi connectivity index (χ3n) is 3.79. The molecule has 0 spiro atoms. The SMILES string of the molecule is CCCCCCCS(=O)(=O)N(CCCCC#N)CCCCC#N. The number of hydrogen-bond donors (Lipinski definition) is 0. The van der Waals surface area contributed by atoms with E-state index in [4.69, 9.17) is 10.5 Å². The summed E-state index contributed by atoms with van der Waals surface area (Å²) in [6, 6.07) is 4.18. The van der Waals surface area contributed by atoms with Crippen LogP contribution in [-0.4, -0.2) is 31.6 Å². The van der Waals surface area contributed by atoms with Gasteiger partial charge in [-0.25, -0.2) is 12.7 Å². The maximum atomic E-state index is 12.5. The summed E-state index contributed by atoms with van der Waals surface area (Å²) in [5.41, 5.74) is 0. The predicted octanol–water partition coefficient (Wildman–Crippen LogP) is 3.98. The summed E-state index contributed by atoms with van der Waals surface area (Å²) in [7, 11) is -3.22. The van der Waals surface area contributed by atoms with Crippen molar-refractivity contribution in [2.75, 3.05) is 18.8 Å². The van der Waals surface area contributed by atoms with Crippen molar-refractivity contribution >= 4 is 10.0 Å². The van der Waals surface area contributed by atoms with Gasteiger partial charge in [0, 0.05) is 25.9 Å². The number of nitriles is 2. The van der Waals surface area contributed by atoms with Gasteiger partial charge in [0.2, 0.25) is 10.0 Å². The van der Waals surface area contributed by atoms with Crippen LogP contribution in [0.1, 0.15) is 77.6 Å². The lowest BCUT2D eigenvalue weighted by Gasteiger charge is -2.22. The summed E-state index contributed by atoms with van der Waals surface area (Å²) < 4.78 is 26.5. The molecule has 0 rings (SSSR count). The fraction of sp³-hybridized carbons (Fsp3) is 0.882. The zero-order valence-electron chi connectivity index (χ0n) is 14.5. The molecule has 132 valence electrons. The lowest BCUT2D eigenvalue weighted by atomic mass is 10.2. The van der Waals surface area contributed by atoms with Gasteiger partial charge in [-0.3, -0.25) is 0 Å². The van der Waals surface area contributed by atoms with Crippen molar-refractivity contribution in [1.29, 1.82) is 10.5 Å². The molecule has 5 nitrogen and oxygen atoms in total. The Labute approximate surface area is 142 Å². The molecule has 0 aliphatic heterocycles. The van der Waals surface area contributed by atoms with Crippen molar-refractivity contribution in [3.63, 3.8) is 0 Å². The van der Waals surface area contributed by atoms with Gasteiger partial charge in [-0.15, -0.1) is 0 Å². The maximum Gasteiger partial charge on any atom is 0.214 e. The molecule has 0 heterocycles. The fourth-order valence-corrected chi connectivity index (χ4v) is 4.03. The smallest absolute Gasteiger partial charge is 0.212 e. The highest BCUT2D eigenvalue weighted by atomic mass is 32.2. The van der Waals surface area contributed by atoms with E-state index in [1.807, 2.05) is 0 Å². The third kappa shape index (κ3) is 12.0. The quantitative estimate of drug-likeness (QED) is 0.422. The molecule has 0 aromatic rings. The molecule has 0 N–H and O–H groups in total. The van der Waals surface area contributed by atoms with Crippen LogP contribution < -0.4 is 0 Å². The Morgan fingerprint density at radius 2 is 1.30 bits per heavy atom. The average Bonchev–Trinajstić information content (AvgIpc) is 2.53. The zero-order chi connectivity index (χ0) is 17.4. The van der Waals surface area contributed by atoms with Gasteiger partial charge in [0.25, 0.3) is 0 Å². The van der Waals surface area contributed by atoms with E-state index in [-0.39, 0.29) is 5.75 Å². The number of unbranched alkanes of at least 4 members (excludes halogenated alkanes) is 8. The number of nitrogens with zero attached hydrogens (tertiary/aromatic N) is 3. The van der Waals surface area contributed by atoms with Crippen LogP contribution in [0.2, 0.25) is 0 Å². The molecule has 0 radical (unpaired) electrons. The molecule has 6 heteroatoms. The fourth-order valence-electron chi connectivity index (χ4n) is 2.39. The Balaban J connectivity index is 4.35. The van der Waals surface area contributed by atoms with Crippen molar-refractivity contribution in [2.45, 2.75) is 77.6 Å². The van der Waals surface area contributed by atoms with Gasteiger partial charge in [-0.05, 0) is 32.1 Å². The van der Waals surface area contributed by atoms with Gasteiger partial charge < -0.3 is 0 Å². The Hall–Kier alpha value is -1.11. The highest BCUT2D eigenvalue weighted by Crippen LogP contribution is 2.12. The molecule has 0 aliphatic rings. The van der Waals surface area contributed by atoms with E-state index in [0.717, 1.165) is 57.8 Å². The van der Waals surface area contributed by atoms with Crippen molar-refractivity contribution in [3.8, 4) is 12.1 Å². The van der Waals surface area contributed by atoms with Crippen LogP contribution in [0.5, 0.6) is 0 Å². The zero-order valence-corrected chi connectivity index (χ0v) is 15.3. The summed E-state index contributed by atoms with van der Waals surface area (Å²) in [4.78, 5) is 0. The molecule has 0 aromatic carbocycles. The molecular weight excluding hydrogens is 310 g/mol. The van der Waals surface area contributed by atoms with Gasteiger partial charge in [0.05, 0.1) is 17.9 Å². The molecule has 0 aliphatic carbocycles. The molecule has 0 saturated heterocycles. The lowest BCUT2D eigenvalue weighted by Crippen LogP contribution is -2.35. The molecule has 0 atom stereocenters. The van der Waals surface area contributed by atoms with Gasteiger partial charge in [0.15, 0.2) is 0 Å². The Morgan fingerprint density at radius 1 is 0.783 bits per heavy atom. The first-order valence-corrected chi connectivity index (χ1v) is 10.4. The first-order chi connectivity index (χ1) is 11.1. The predicted molar refractivity (Wildman–Crippen MR) is 93.0 cm³/mol. The average molecular weight is 342 g/mol. The van der Waals surface area contributed by atoms with Crippen molar-refractivity contribution in [3.05, 3.63) is 0 Å². The van der Waals surface area contributed by atoms with Crippen LogP contribution in [0.25, 0.3) is 0 Å². The van der Waals surface area contributed by atoms with E-state index >= 15 is 0 Å². The van der Waals surface area contributed by atoms with Gasteiger partial charge >= 0.3 is 0 Å². The van der Waals surface area contributed by atoms with Crippen molar-refractivity contribution in [1.82, 2.24) is 4.31 Å². The van der Waals surface area contributed by atoms with Crippen LogP contribution in [0.15, 0.2) is 0 Å². The molecule has 0 bridgehead atoms. The Morgan fingerprint density at radius 3 is 1.78 bits per heavy atom. The van der Waals surface area contributed by atoms with Crippen molar-refractivity contribution < 1.29 is 8.42 Å². The summed E-state index contributed by atoms with van der Waals surface area (Å²) in [5, 5.41) is 17.1. The van der Waals surface area contributed by atoms with Gasteiger partial charge in [0.1, 0.15) is 0 Å². The minimum Gasteiger partial charge on any atom is -0.212 e. The van der Waals surface area contributed by atoms with Gasteiger partial charge in [-0.1, -0.05) is 32.6 Å². The van der Waals surface area contributed by atoms with E-state index < -0.39 is 10.0 Å². The van der Waals surface area contributed by atoms with E-state index in [2.05, 4.69) is 19.1 Å². The van der Waals surface area contributed by atoms with Crippen LogP contribution in [0, 0.1) is 22.7 Å². The maximum absolute atomic E-state index is 12.5. The second-order valence-electron chi connectivity index (χ2n) is 5.86. The molecule has 0 fully saturated rings. The summed E-state index contributed by atoms with van der Waals surface area (Å²) in [6.07, 6.45) is 8.94. The number of rotatable bonds is 15. The first kappa shape index (κ1) is 21.9. The van der Waals surface area contributed by atoms with Crippen LogP contribution in [0.4, 0.5) is 0 Å². The second-order valence-corrected chi connectivity index (χ2v) is 7.95. The van der Waals surface area contributed by atoms with Crippen LogP contribution >= 0.6 is 0 Å². The van der Waals surface area contributed by atoms with E-state index in [1.165, 1.54) is 0 Å². The van der Waals surface area contributed by atoms with E-state index in [0.29, 0.717) is 25.9 Å². The summed E-state index contributed by atoms with van der Waals surface area (Å²) >= 11 is 0. The van der Waals surface area contributed by atoms with Crippen LogP contribution in [-0.2, 0) is 10.0 Å². The summed E-state index contributed by atoms with van der Waals surface area (Å²) in [6.45, 7) is 3.12. The van der Waals surface area contributed by atoms with Gasteiger partial charge in [-0.2, -0.15) is 10.5 Å². The number of hydrogen-bond acceptors (Lipinski definition) is 4. The van der Waals surface area contributed by atoms with E-state index in [9.17, 15) is 8.42 Å². The highest BCUT2D eigenvalue weighted by Gasteiger charge is 2.20. The van der Waals surface area contributed by atoms with Crippen LogP contribution in [0.3, 0.4) is 0 Å². The topological polar surface area (TPSA) is 85.0 Å². The Kier molecular flexibility index (Phi) is 13.8. The molecule has 0 unspecified atom stereocenters. The summed E-state index contributed by atoms with van der Waals surface area (Å²) in [5.74, 6) is 0.215. The lowest BCUT2D eigenvalue weighted by molar-refractivity contribution is 0.390. The third-order valence-corrected chi connectivity index (χ3v) is 5.75. The van der Waals surface area contributed by atoms with Crippen molar-refractivity contribution in [2.24, 2.45) is 0 Å². The Bertz CT molecular complexity index is 441. The number of sulfonamides is 1. The molecular formula is C17H31N3O2S. The first-order valence-electron chi connectivity index (χ1n) is 8.80. The normalized spacial score (nSPS) is 11.3. The molecule has 0 aromatic heterocycles. The molecule has 0 amide bonds. The minimum absolute atomic E-state index is 0.215. The van der Waals surface area contributed by atoms with E-state index in [1.54, 1.807) is 4.31 Å². The standard InChI is InChI=1S/C17H31N3O2S/c1-2-3-4-5-12-17-23(21,22)20(15-10-6-8-13-18)16-11-7-9-14-19/h2-12,15-17H2,1H3.